The predicted octanol–water partition coefficient (Wildman–Crippen LogP) is 6.49. The Morgan fingerprint density at radius 2 is 1.36 bits per heavy atom. The number of aromatic nitrogens is 3. The van der Waals surface area contributed by atoms with Gasteiger partial charge in [-0.1, -0.05) is 65.1 Å². The number of hydrogen-bond acceptors (Lipinski definition) is 5. The molecule has 166 valence electrons. The summed E-state index contributed by atoms with van der Waals surface area (Å²) in [5, 5.41) is 1.97. The van der Waals surface area contributed by atoms with Gasteiger partial charge in [-0.3, -0.25) is 4.98 Å². The van der Waals surface area contributed by atoms with E-state index in [1.807, 2.05) is 66.9 Å². The van der Waals surface area contributed by atoms with Crippen LogP contribution in [0.5, 0.6) is 0 Å². The quantitative estimate of drug-likeness (QED) is 0.323. The highest BCUT2D eigenvalue weighted by Gasteiger charge is 2.23. The first-order valence-corrected chi connectivity index (χ1v) is 11.7. The van der Waals surface area contributed by atoms with Gasteiger partial charge in [-0.2, -0.15) is 0 Å². The number of piperazine rings is 1. The number of pyridine rings is 1. The van der Waals surface area contributed by atoms with E-state index in [1.165, 1.54) is 0 Å². The first-order chi connectivity index (χ1) is 16.1. The third-order valence-electron chi connectivity index (χ3n) is 5.65. The summed E-state index contributed by atoms with van der Waals surface area (Å²) in [5.41, 5.74) is 3.29. The van der Waals surface area contributed by atoms with Gasteiger partial charge < -0.3 is 9.80 Å². The molecule has 8 heteroatoms. The Hall–Kier alpha value is -2.86. The monoisotopic (exact) mass is 495 g/mol. The number of halogens is 3. The minimum Gasteiger partial charge on any atom is -0.352 e. The van der Waals surface area contributed by atoms with Gasteiger partial charge in [0.05, 0.1) is 21.9 Å². The van der Waals surface area contributed by atoms with Crippen LogP contribution in [0.15, 0.2) is 73.1 Å². The summed E-state index contributed by atoms with van der Waals surface area (Å²) >= 11 is 19.0. The summed E-state index contributed by atoms with van der Waals surface area (Å²) in [7, 11) is 0. The standard InChI is InChI=1S/C25H20Cl3N5/c26-18-9-7-17(8-10-18)23-24(19-4-1-2-5-20(19)27)31-22(16-30-23)32-12-14-33(15-13-32)25-21(28)6-3-11-29-25/h1-11,16H,12-15H2. The second-order valence-corrected chi connectivity index (χ2v) is 8.95. The number of rotatable bonds is 4. The molecule has 1 fully saturated rings. The van der Waals surface area contributed by atoms with Crippen molar-refractivity contribution in [2.45, 2.75) is 0 Å². The lowest BCUT2D eigenvalue weighted by Gasteiger charge is -2.36. The zero-order valence-electron chi connectivity index (χ0n) is 17.6. The lowest BCUT2D eigenvalue weighted by Crippen LogP contribution is -2.47. The van der Waals surface area contributed by atoms with Crippen molar-refractivity contribution in [1.29, 1.82) is 0 Å². The molecule has 1 saturated heterocycles. The molecule has 0 aliphatic carbocycles. The summed E-state index contributed by atoms with van der Waals surface area (Å²) in [4.78, 5) is 18.7. The number of hydrogen-bond donors (Lipinski definition) is 0. The van der Waals surface area contributed by atoms with Crippen molar-refractivity contribution in [2.24, 2.45) is 0 Å². The summed E-state index contributed by atoms with van der Waals surface area (Å²) in [6, 6.07) is 19.0. The van der Waals surface area contributed by atoms with Gasteiger partial charge in [-0.25, -0.2) is 9.97 Å². The molecule has 2 aromatic heterocycles. The Kier molecular flexibility index (Phi) is 6.36. The summed E-state index contributed by atoms with van der Waals surface area (Å²) in [5.74, 6) is 1.63. The molecule has 5 rings (SSSR count). The highest BCUT2D eigenvalue weighted by Crippen LogP contribution is 2.35. The molecule has 5 nitrogen and oxygen atoms in total. The molecule has 0 unspecified atom stereocenters. The summed E-state index contributed by atoms with van der Waals surface area (Å²) in [6.07, 6.45) is 3.60. The van der Waals surface area contributed by atoms with Crippen LogP contribution in [0.1, 0.15) is 0 Å². The zero-order chi connectivity index (χ0) is 22.8. The van der Waals surface area contributed by atoms with E-state index in [4.69, 9.17) is 44.8 Å². The smallest absolute Gasteiger partial charge is 0.147 e. The Balaban J connectivity index is 1.47. The van der Waals surface area contributed by atoms with Gasteiger partial charge in [0.25, 0.3) is 0 Å². The molecule has 3 heterocycles. The van der Waals surface area contributed by atoms with Crippen LogP contribution in [0.4, 0.5) is 11.6 Å². The van der Waals surface area contributed by atoms with Crippen molar-refractivity contribution in [3.8, 4) is 22.5 Å². The van der Waals surface area contributed by atoms with Gasteiger partial charge in [0.2, 0.25) is 0 Å². The SMILES string of the molecule is Clc1ccc(-c2ncc(N3CCN(c4ncccc4Cl)CC3)nc2-c2ccccc2Cl)cc1. The molecule has 0 spiro atoms. The Morgan fingerprint density at radius 1 is 0.667 bits per heavy atom. The van der Waals surface area contributed by atoms with E-state index in [1.54, 1.807) is 6.20 Å². The van der Waals surface area contributed by atoms with Gasteiger partial charge in [0.15, 0.2) is 0 Å². The normalized spacial score (nSPS) is 13.9. The van der Waals surface area contributed by atoms with Crippen molar-refractivity contribution < 1.29 is 0 Å². The minimum absolute atomic E-state index is 0.633. The Labute approximate surface area is 207 Å². The van der Waals surface area contributed by atoms with E-state index in [9.17, 15) is 0 Å². The maximum atomic E-state index is 6.55. The topological polar surface area (TPSA) is 45.2 Å². The Bertz CT molecular complexity index is 1270. The van der Waals surface area contributed by atoms with E-state index < -0.39 is 0 Å². The lowest BCUT2D eigenvalue weighted by atomic mass is 10.0. The molecule has 0 amide bonds. The molecule has 0 atom stereocenters. The van der Waals surface area contributed by atoms with Gasteiger partial charge in [0, 0.05) is 48.5 Å². The molecule has 0 bridgehead atoms. The third kappa shape index (κ3) is 4.62. The second kappa shape index (κ2) is 9.56. The number of anilines is 2. The molecule has 1 aliphatic heterocycles. The molecule has 0 radical (unpaired) electrons. The molecule has 4 aromatic rings. The molecule has 2 aromatic carbocycles. The van der Waals surface area contributed by atoms with Crippen molar-refractivity contribution >= 4 is 46.4 Å². The lowest BCUT2D eigenvalue weighted by molar-refractivity contribution is 0.641. The van der Waals surface area contributed by atoms with E-state index in [-0.39, 0.29) is 0 Å². The van der Waals surface area contributed by atoms with Crippen LogP contribution in [-0.2, 0) is 0 Å². The summed E-state index contributed by atoms with van der Waals surface area (Å²) in [6.45, 7) is 3.14. The summed E-state index contributed by atoms with van der Waals surface area (Å²) < 4.78 is 0. The average molecular weight is 497 g/mol. The molecule has 1 aliphatic rings. The third-order valence-corrected chi connectivity index (χ3v) is 6.53. The molecular formula is C25H20Cl3N5. The molecule has 33 heavy (non-hydrogen) atoms. The minimum atomic E-state index is 0.633. The van der Waals surface area contributed by atoms with E-state index in [0.29, 0.717) is 15.1 Å². The second-order valence-electron chi connectivity index (χ2n) is 7.70. The van der Waals surface area contributed by atoms with Gasteiger partial charge >= 0.3 is 0 Å². The van der Waals surface area contributed by atoms with Crippen molar-refractivity contribution in [3.63, 3.8) is 0 Å². The maximum Gasteiger partial charge on any atom is 0.147 e. The van der Waals surface area contributed by atoms with Crippen molar-refractivity contribution in [3.05, 3.63) is 88.1 Å². The molecular weight excluding hydrogens is 477 g/mol. The fourth-order valence-electron chi connectivity index (χ4n) is 3.95. The van der Waals surface area contributed by atoms with Crippen LogP contribution < -0.4 is 9.80 Å². The van der Waals surface area contributed by atoms with Crippen LogP contribution in [0.2, 0.25) is 15.1 Å². The van der Waals surface area contributed by atoms with Crippen molar-refractivity contribution in [1.82, 2.24) is 15.0 Å². The van der Waals surface area contributed by atoms with Gasteiger partial charge in [-0.15, -0.1) is 0 Å². The van der Waals surface area contributed by atoms with Crippen LogP contribution in [0, 0.1) is 0 Å². The van der Waals surface area contributed by atoms with E-state index in [2.05, 4.69) is 14.8 Å². The fraction of sp³-hybridized carbons (Fsp3) is 0.160. The largest absolute Gasteiger partial charge is 0.352 e. The number of nitrogens with zero attached hydrogens (tertiary/aromatic N) is 5. The molecule has 0 N–H and O–H groups in total. The first-order valence-electron chi connectivity index (χ1n) is 10.6. The van der Waals surface area contributed by atoms with Crippen LogP contribution in [0.3, 0.4) is 0 Å². The highest BCUT2D eigenvalue weighted by atomic mass is 35.5. The molecule has 0 saturated carbocycles. The fourth-order valence-corrected chi connectivity index (χ4v) is 4.54. The first kappa shape index (κ1) is 22.0. The maximum absolute atomic E-state index is 6.55. The highest BCUT2D eigenvalue weighted by molar-refractivity contribution is 6.33. The Morgan fingerprint density at radius 3 is 2.09 bits per heavy atom. The predicted molar refractivity (Wildman–Crippen MR) is 137 cm³/mol. The van der Waals surface area contributed by atoms with Crippen LogP contribution in [-0.4, -0.2) is 41.1 Å². The van der Waals surface area contributed by atoms with Crippen LogP contribution >= 0.6 is 34.8 Å². The van der Waals surface area contributed by atoms with E-state index >= 15 is 0 Å². The zero-order valence-corrected chi connectivity index (χ0v) is 19.9. The average Bonchev–Trinajstić information content (AvgIpc) is 2.85. The van der Waals surface area contributed by atoms with Gasteiger partial charge in [0.1, 0.15) is 17.3 Å². The van der Waals surface area contributed by atoms with Gasteiger partial charge in [-0.05, 0) is 30.3 Å². The van der Waals surface area contributed by atoms with Crippen molar-refractivity contribution in [2.75, 3.05) is 36.0 Å². The van der Waals surface area contributed by atoms with E-state index in [0.717, 1.165) is 60.3 Å². The van der Waals surface area contributed by atoms with Crippen LogP contribution in [0.25, 0.3) is 22.5 Å². The number of benzene rings is 2.